The molecule has 3 saturated heterocycles. The van der Waals surface area contributed by atoms with Gasteiger partial charge in [-0.15, -0.1) is 0 Å². The lowest BCUT2D eigenvalue weighted by atomic mass is 10.0. The Morgan fingerprint density at radius 3 is 2.36 bits per heavy atom. The number of amides is 4. The Morgan fingerprint density at radius 2 is 1.61 bits per heavy atom. The van der Waals surface area contributed by atoms with Gasteiger partial charge in [-0.05, 0) is 69.3 Å². The highest BCUT2D eigenvalue weighted by Crippen LogP contribution is 2.25. The average Bonchev–Trinajstić information content (AvgIpc) is 3.22. The van der Waals surface area contributed by atoms with Crippen molar-refractivity contribution in [2.45, 2.75) is 63.6 Å². The minimum absolute atomic E-state index is 0.0503. The molecular formula is C34H46N6O4. The van der Waals surface area contributed by atoms with E-state index in [0.717, 1.165) is 67.8 Å². The van der Waals surface area contributed by atoms with Crippen molar-refractivity contribution in [1.82, 2.24) is 24.9 Å². The molecule has 4 aliphatic rings. The monoisotopic (exact) mass is 602 g/mol. The third kappa shape index (κ3) is 7.18. The van der Waals surface area contributed by atoms with Crippen molar-refractivity contribution in [2.75, 3.05) is 64.2 Å². The van der Waals surface area contributed by atoms with Gasteiger partial charge in [0, 0.05) is 70.0 Å². The molecule has 0 radical (unpaired) electrons. The number of piperidine rings is 2. The number of aryl methyl sites for hydroxylation is 1. The van der Waals surface area contributed by atoms with Gasteiger partial charge in [0.15, 0.2) is 6.10 Å². The number of benzene rings is 2. The Kier molecular flexibility index (Phi) is 9.66. The highest BCUT2D eigenvalue weighted by molar-refractivity contribution is 5.91. The summed E-state index contributed by atoms with van der Waals surface area (Å²) in [5.41, 5.74) is 4.11. The Hall–Kier alpha value is -3.63. The molecule has 0 spiro atoms. The molecule has 0 unspecified atom stereocenters. The van der Waals surface area contributed by atoms with E-state index >= 15 is 0 Å². The summed E-state index contributed by atoms with van der Waals surface area (Å²) in [5.74, 6) is -0.111. The van der Waals surface area contributed by atoms with Crippen LogP contribution in [0.25, 0.3) is 0 Å². The molecule has 10 nitrogen and oxygen atoms in total. The third-order valence-electron chi connectivity index (χ3n) is 9.78. The zero-order valence-electron chi connectivity index (χ0n) is 25.9. The number of nitrogens with zero attached hydrogens (tertiary/aromatic N) is 4. The van der Waals surface area contributed by atoms with E-state index in [1.807, 2.05) is 53.1 Å². The van der Waals surface area contributed by atoms with E-state index in [0.29, 0.717) is 58.0 Å². The molecule has 2 N–H and O–H groups in total. The first-order valence-electron chi connectivity index (χ1n) is 16.3. The maximum atomic E-state index is 13.9. The molecule has 236 valence electrons. The molecule has 10 heteroatoms. The zero-order valence-corrected chi connectivity index (χ0v) is 25.9. The van der Waals surface area contributed by atoms with Gasteiger partial charge in [-0.3, -0.25) is 9.69 Å². The zero-order chi connectivity index (χ0) is 30.5. The predicted molar refractivity (Wildman–Crippen MR) is 170 cm³/mol. The van der Waals surface area contributed by atoms with Gasteiger partial charge in [-0.2, -0.15) is 0 Å². The smallest absolute Gasteiger partial charge is 0.410 e. The van der Waals surface area contributed by atoms with Gasteiger partial charge in [-0.1, -0.05) is 48.0 Å². The molecule has 44 heavy (non-hydrogen) atoms. The Bertz CT molecular complexity index is 1310. The van der Waals surface area contributed by atoms with Crippen LogP contribution in [0, 0.1) is 6.92 Å². The molecule has 0 bridgehead atoms. The summed E-state index contributed by atoms with van der Waals surface area (Å²) in [7, 11) is 0. The van der Waals surface area contributed by atoms with Gasteiger partial charge in [-0.25, -0.2) is 9.59 Å². The summed E-state index contributed by atoms with van der Waals surface area (Å²) in [6, 6.07) is 16.5. The first-order valence-corrected chi connectivity index (χ1v) is 16.3. The molecule has 4 heterocycles. The number of hydrogen-bond donors (Lipinski definition) is 2. The van der Waals surface area contributed by atoms with Gasteiger partial charge < -0.3 is 30.1 Å². The Labute approximate surface area is 260 Å². The summed E-state index contributed by atoms with van der Waals surface area (Å²) in [6.07, 6.45) is 3.47. The molecule has 3 fully saturated rings. The van der Waals surface area contributed by atoms with Crippen LogP contribution in [-0.2, 0) is 22.4 Å². The number of nitrogens with one attached hydrogen (secondary N) is 2. The lowest BCUT2D eigenvalue weighted by Gasteiger charge is -2.41. The van der Waals surface area contributed by atoms with Crippen LogP contribution < -0.4 is 10.6 Å². The molecule has 2 aromatic carbocycles. The predicted octanol–water partition coefficient (Wildman–Crippen LogP) is 3.49. The van der Waals surface area contributed by atoms with Crippen molar-refractivity contribution < 1.29 is 19.1 Å². The Morgan fingerprint density at radius 1 is 0.864 bits per heavy atom. The molecule has 2 aromatic rings. The van der Waals surface area contributed by atoms with E-state index in [-0.39, 0.29) is 18.0 Å². The van der Waals surface area contributed by atoms with Crippen LogP contribution in [0.2, 0.25) is 0 Å². The largest absolute Gasteiger partial charge is 0.436 e. The van der Waals surface area contributed by atoms with Crippen LogP contribution in [0.15, 0.2) is 48.5 Å². The summed E-state index contributed by atoms with van der Waals surface area (Å²) < 4.78 is 6.04. The quantitative estimate of drug-likeness (QED) is 0.526. The summed E-state index contributed by atoms with van der Waals surface area (Å²) >= 11 is 0. The first kappa shape index (κ1) is 30.4. The van der Waals surface area contributed by atoms with Gasteiger partial charge in [0.25, 0.3) is 5.91 Å². The van der Waals surface area contributed by atoms with Gasteiger partial charge >= 0.3 is 12.1 Å². The van der Waals surface area contributed by atoms with E-state index < -0.39 is 12.2 Å². The maximum absolute atomic E-state index is 13.9. The topological polar surface area (TPSA) is 97.5 Å². The molecule has 4 aliphatic heterocycles. The lowest BCUT2D eigenvalue weighted by molar-refractivity contribution is -0.143. The number of rotatable bonds is 6. The fourth-order valence-corrected chi connectivity index (χ4v) is 7.21. The van der Waals surface area contributed by atoms with Crippen molar-refractivity contribution in [3.63, 3.8) is 0 Å². The molecule has 6 rings (SSSR count). The lowest BCUT2D eigenvalue weighted by Crippen LogP contribution is -2.56. The van der Waals surface area contributed by atoms with E-state index in [9.17, 15) is 14.4 Å². The molecular weight excluding hydrogens is 556 g/mol. The van der Waals surface area contributed by atoms with E-state index in [2.05, 4.69) is 27.7 Å². The van der Waals surface area contributed by atoms with Crippen LogP contribution in [0.5, 0.6) is 0 Å². The molecule has 0 aliphatic carbocycles. The van der Waals surface area contributed by atoms with Crippen molar-refractivity contribution >= 4 is 23.7 Å². The van der Waals surface area contributed by atoms with Gasteiger partial charge in [0.1, 0.15) is 0 Å². The summed E-state index contributed by atoms with van der Waals surface area (Å²) in [6.45, 7) is 8.75. The third-order valence-corrected chi connectivity index (χ3v) is 9.78. The van der Waals surface area contributed by atoms with E-state index in [1.165, 1.54) is 0 Å². The number of hydrogen-bond acceptors (Lipinski definition) is 6. The minimum Gasteiger partial charge on any atom is -0.436 e. The van der Waals surface area contributed by atoms with E-state index in [4.69, 9.17) is 4.74 Å². The van der Waals surface area contributed by atoms with Crippen LogP contribution in [0.3, 0.4) is 0 Å². The molecule has 0 aromatic heterocycles. The minimum atomic E-state index is -0.873. The number of fused-ring (bicyclic) bond motifs is 1. The van der Waals surface area contributed by atoms with Crippen LogP contribution in [0.4, 0.5) is 15.3 Å². The average molecular weight is 603 g/mol. The van der Waals surface area contributed by atoms with E-state index in [1.54, 1.807) is 4.90 Å². The second-order valence-electron chi connectivity index (χ2n) is 12.7. The van der Waals surface area contributed by atoms with Gasteiger partial charge in [0.05, 0.1) is 0 Å². The second kappa shape index (κ2) is 14.0. The number of piperazine rings is 1. The van der Waals surface area contributed by atoms with Crippen LogP contribution in [-0.4, -0.2) is 115 Å². The SMILES string of the molecule is Cc1cccc(C[C@@H](OC(=O)N2CCC(N3CCc4ccccc4NC3=O)CC2)C(=O)N2CCN(C3CCNCC3)CC2)c1. The molecule has 0 saturated carbocycles. The highest BCUT2D eigenvalue weighted by Gasteiger charge is 2.36. The number of anilines is 1. The highest BCUT2D eigenvalue weighted by atomic mass is 16.6. The van der Waals surface area contributed by atoms with Crippen LogP contribution >= 0.6 is 0 Å². The normalized spacial score (nSPS) is 21.3. The number of carbonyl (C=O) groups is 3. The fraction of sp³-hybridized carbons (Fsp3) is 0.559. The second-order valence-corrected chi connectivity index (χ2v) is 12.7. The number of ether oxygens (including phenoxy) is 1. The summed E-state index contributed by atoms with van der Waals surface area (Å²) in [4.78, 5) is 48.4. The maximum Gasteiger partial charge on any atom is 0.410 e. The number of carbonyl (C=O) groups excluding carboxylic acids is 3. The van der Waals surface area contributed by atoms with Crippen molar-refractivity contribution in [2.24, 2.45) is 0 Å². The fourth-order valence-electron chi connectivity index (χ4n) is 7.21. The number of urea groups is 1. The standard InChI is InChI=1S/C34H46N6O4/c1-25-5-4-6-26(23-25)24-31(32(41)38-21-19-37(20-22-38)28-9-14-35-15-10-28)44-34(43)39-16-12-29(13-17-39)40-18-11-27-7-2-3-8-30(27)36-33(40)42/h2-8,23,28-29,31,35H,9-22,24H2,1H3,(H,36,42)/t31-/m1/s1. The molecule has 1 atom stereocenters. The number of para-hydroxylation sites is 1. The Balaban J connectivity index is 1.06. The molecule has 4 amide bonds. The van der Waals surface area contributed by atoms with Crippen molar-refractivity contribution in [3.05, 3.63) is 65.2 Å². The van der Waals surface area contributed by atoms with Gasteiger partial charge in [0.2, 0.25) is 0 Å². The van der Waals surface area contributed by atoms with Crippen LogP contribution in [0.1, 0.15) is 42.4 Å². The summed E-state index contributed by atoms with van der Waals surface area (Å²) in [5, 5.41) is 6.49. The van der Waals surface area contributed by atoms with Crippen molar-refractivity contribution in [3.8, 4) is 0 Å². The first-order chi connectivity index (χ1) is 21.4. The number of likely N-dealkylation sites (tertiary alicyclic amines) is 1. The van der Waals surface area contributed by atoms with Crippen molar-refractivity contribution in [1.29, 1.82) is 0 Å².